The molecular weight excluding hydrogens is 247 g/mol. The third-order valence-electron chi connectivity index (χ3n) is 3.56. The number of halogens is 1. The number of rotatable bonds is 3. The molecule has 1 fully saturated rings. The van der Waals surface area contributed by atoms with Gasteiger partial charge in [0.25, 0.3) is 5.91 Å². The number of carbonyl (C=O) groups excluding carboxylic acids is 1. The van der Waals surface area contributed by atoms with Crippen LogP contribution in [0.2, 0.25) is 0 Å². The average Bonchev–Trinajstić information content (AvgIpc) is 2.42. The zero-order valence-electron chi connectivity index (χ0n) is 11.2. The summed E-state index contributed by atoms with van der Waals surface area (Å²) in [6.45, 7) is 3.88. The van der Waals surface area contributed by atoms with Gasteiger partial charge in [0.2, 0.25) is 0 Å². The number of hydrogen-bond donors (Lipinski definition) is 2. The Morgan fingerprint density at radius 2 is 2.32 bits per heavy atom. The lowest BCUT2D eigenvalue weighted by atomic mass is 9.94. The van der Waals surface area contributed by atoms with Crippen LogP contribution in [0, 0.1) is 11.7 Å². The van der Waals surface area contributed by atoms with Gasteiger partial charge in [-0.1, -0.05) is 6.92 Å². The fourth-order valence-electron chi connectivity index (χ4n) is 2.24. The van der Waals surface area contributed by atoms with Crippen molar-refractivity contribution in [2.24, 2.45) is 5.92 Å². The van der Waals surface area contributed by atoms with Crippen LogP contribution in [-0.4, -0.2) is 32.1 Å². The Morgan fingerprint density at radius 3 is 3.00 bits per heavy atom. The molecule has 5 heteroatoms. The third-order valence-corrected chi connectivity index (χ3v) is 3.56. The third kappa shape index (κ3) is 3.23. The Hall–Kier alpha value is -1.62. The molecule has 2 unspecified atom stereocenters. The zero-order valence-corrected chi connectivity index (χ0v) is 11.2. The Bertz CT molecular complexity index is 465. The highest BCUT2D eigenvalue weighted by molar-refractivity contribution is 5.94. The van der Waals surface area contributed by atoms with E-state index in [9.17, 15) is 9.18 Å². The van der Waals surface area contributed by atoms with Crippen LogP contribution < -0.4 is 15.4 Å². The standard InChI is InChI=1S/C14H19FN2O2/c1-9-5-6-16-8-12(9)17-14(18)10-3-4-11(15)13(7-10)19-2/h3-4,7,9,12,16H,5-6,8H2,1-2H3,(H,17,18). The molecule has 104 valence electrons. The van der Waals surface area contributed by atoms with E-state index in [4.69, 9.17) is 4.74 Å². The van der Waals surface area contributed by atoms with Crippen LogP contribution in [0.25, 0.3) is 0 Å². The lowest BCUT2D eigenvalue weighted by Crippen LogP contribution is -2.50. The Morgan fingerprint density at radius 1 is 1.53 bits per heavy atom. The topological polar surface area (TPSA) is 50.4 Å². The van der Waals surface area contributed by atoms with Gasteiger partial charge >= 0.3 is 0 Å². The van der Waals surface area contributed by atoms with E-state index in [2.05, 4.69) is 17.6 Å². The number of hydrogen-bond acceptors (Lipinski definition) is 3. The van der Waals surface area contributed by atoms with E-state index in [1.807, 2.05) is 0 Å². The monoisotopic (exact) mass is 266 g/mol. The van der Waals surface area contributed by atoms with Gasteiger partial charge in [-0.2, -0.15) is 0 Å². The van der Waals surface area contributed by atoms with Crippen LogP contribution >= 0.6 is 0 Å². The first-order valence-electron chi connectivity index (χ1n) is 6.47. The summed E-state index contributed by atoms with van der Waals surface area (Å²) in [5.41, 5.74) is 0.413. The molecule has 1 aliphatic heterocycles. The molecule has 1 aromatic carbocycles. The summed E-state index contributed by atoms with van der Waals surface area (Å²) in [6.07, 6.45) is 1.04. The van der Waals surface area contributed by atoms with Crippen molar-refractivity contribution in [1.82, 2.24) is 10.6 Å². The summed E-state index contributed by atoms with van der Waals surface area (Å²) in [5.74, 6) is -0.138. The number of ether oxygens (including phenoxy) is 1. The van der Waals surface area contributed by atoms with Crippen LogP contribution in [0.4, 0.5) is 4.39 Å². The molecule has 4 nitrogen and oxygen atoms in total. The normalized spacial score (nSPS) is 22.9. The summed E-state index contributed by atoms with van der Waals surface area (Å²) in [4.78, 5) is 12.1. The smallest absolute Gasteiger partial charge is 0.251 e. The molecule has 1 amide bonds. The first-order chi connectivity index (χ1) is 9.11. The van der Waals surface area contributed by atoms with Gasteiger partial charge in [0.1, 0.15) is 0 Å². The minimum Gasteiger partial charge on any atom is -0.494 e. The summed E-state index contributed by atoms with van der Waals surface area (Å²) in [5, 5.41) is 6.23. The zero-order chi connectivity index (χ0) is 13.8. The molecule has 0 saturated carbocycles. The molecule has 2 N–H and O–H groups in total. The van der Waals surface area contributed by atoms with Crippen LogP contribution in [0.1, 0.15) is 23.7 Å². The van der Waals surface area contributed by atoms with Crippen LogP contribution in [0.5, 0.6) is 5.75 Å². The first kappa shape index (κ1) is 13.8. The number of methoxy groups -OCH3 is 1. The Labute approximate surface area is 112 Å². The number of carbonyl (C=O) groups is 1. The molecule has 0 radical (unpaired) electrons. The fourth-order valence-corrected chi connectivity index (χ4v) is 2.24. The summed E-state index contributed by atoms with van der Waals surface area (Å²) in [7, 11) is 1.38. The quantitative estimate of drug-likeness (QED) is 0.873. The maximum Gasteiger partial charge on any atom is 0.251 e. The summed E-state index contributed by atoms with van der Waals surface area (Å²) < 4.78 is 18.2. The van der Waals surface area contributed by atoms with Gasteiger partial charge in [0.15, 0.2) is 11.6 Å². The van der Waals surface area contributed by atoms with Crippen molar-refractivity contribution in [3.8, 4) is 5.75 Å². The predicted molar refractivity (Wildman–Crippen MR) is 70.9 cm³/mol. The molecule has 0 aliphatic carbocycles. The van der Waals surface area contributed by atoms with E-state index in [0.29, 0.717) is 11.5 Å². The molecule has 1 aliphatic rings. The van der Waals surface area contributed by atoms with E-state index in [0.717, 1.165) is 19.5 Å². The van der Waals surface area contributed by atoms with Crippen molar-refractivity contribution in [2.75, 3.05) is 20.2 Å². The van der Waals surface area contributed by atoms with Gasteiger partial charge in [-0.25, -0.2) is 4.39 Å². The van der Waals surface area contributed by atoms with Crippen molar-refractivity contribution >= 4 is 5.91 Å². The molecule has 0 aromatic heterocycles. The van der Waals surface area contributed by atoms with Gasteiger partial charge in [0, 0.05) is 18.2 Å². The maximum absolute atomic E-state index is 13.3. The highest BCUT2D eigenvalue weighted by Crippen LogP contribution is 2.19. The first-order valence-corrected chi connectivity index (χ1v) is 6.47. The number of amides is 1. The van der Waals surface area contributed by atoms with Gasteiger partial charge in [0.05, 0.1) is 7.11 Å². The lowest BCUT2D eigenvalue weighted by molar-refractivity contribution is 0.0915. The minimum atomic E-state index is -0.466. The van der Waals surface area contributed by atoms with E-state index < -0.39 is 5.82 Å². The van der Waals surface area contributed by atoms with E-state index >= 15 is 0 Å². The second-order valence-electron chi connectivity index (χ2n) is 4.90. The van der Waals surface area contributed by atoms with Crippen LogP contribution in [-0.2, 0) is 0 Å². The summed E-state index contributed by atoms with van der Waals surface area (Å²) in [6, 6.07) is 4.24. The van der Waals surface area contributed by atoms with Crippen molar-refractivity contribution in [3.63, 3.8) is 0 Å². The Balaban J connectivity index is 2.07. The minimum absolute atomic E-state index is 0.0856. The predicted octanol–water partition coefficient (Wildman–Crippen LogP) is 1.56. The lowest BCUT2D eigenvalue weighted by Gasteiger charge is -2.30. The molecular formula is C14H19FN2O2. The van der Waals surface area contributed by atoms with Crippen molar-refractivity contribution in [3.05, 3.63) is 29.6 Å². The molecule has 1 aromatic rings. The molecule has 2 rings (SSSR count). The molecule has 0 bridgehead atoms. The number of piperidine rings is 1. The summed E-state index contributed by atoms with van der Waals surface area (Å²) >= 11 is 0. The van der Waals surface area contributed by atoms with Crippen molar-refractivity contribution in [1.29, 1.82) is 0 Å². The van der Waals surface area contributed by atoms with Gasteiger partial charge < -0.3 is 15.4 Å². The molecule has 2 atom stereocenters. The Kier molecular flexibility index (Phi) is 4.37. The van der Waals surface area contributed by atoms with E-state index in [1.165, 1.54) is 25.3 Å². The van der Waals surface area contributed by atoms with Gasteiger partial charge in [-0.05, 0) is 37.1 Å². The van der Waals surface area contributed by atoms with Crippen LogP contribution in [0.15, 0.2) is 18.2 Å². The average molecular weight is 266 g/mol. The van der Waals surface area contributed by atoms with E-state index in [1.54, 1.807) is 0 Å². The van der Waals surface area contributed by atoms with Gasteiger partial charge in [-0.15, -0.1) is 0 Å². The fraction of sp³-hybridized carbons (Fsp3) is 0.500. The van der Waals surface area contributed by atoms with E-state index in [-0.39, 0.29) is 17.7 Å². The maximum atomic E-state index is 13.3. The van der Waals surface area contributed by atoms with Crippen LogP contribution in [0.3, 0.4) is 0 Å². The molecule has 1 heterocycles. The second kappa shape index (κ2) is 6.02. The second-order valence-corrected chi connectivity index (χ2v) is 4.90. The highest BCUT2D eigenvalue weighted by atomic mass is 19.1. The van der Waals surface area contributed by atoms with Crippen molar-refractivity contribution < 1.29 is 13.9 Å². The highest BCUT2D eigenvalue weighted by Gasteiger charge is 2.23. The molecule has 0 spiro atoms. The van der Waals surface area contributed by atoms with Gasteiger partial charge in [-0.3, -0.25) is 4.79 Å². The molecule has 1 saturated heterocycles. The molecule has 19 heavy (non-hydrogen) atoms. The van der Waals surface area contributed by atoms with Crippen molar-refractivity contribution in [2.45, 2.75) is 19.4 Å². The number of nitrogens with one attached hydrogen (secondary N) is 2. The largest absolute Gasteiger partial charge is 0.494 e. The number of benzene rings is 1. The SMILES string of the molecule is COc1cc(C(=O)NC2CNCCC2C)ccc1F.